The summed E-state index contributed by atoms with van der Waals surface area (Å²) in [6, 6.07) is 5.57. The van der Waals surface area contributed by atoms with Crippen LogP contribution in [0, 0.1) is 6.92 Å². The fourth-order valence-electron chi connectivity index (χ4n) is 1.96. The van der Waals surface area contributed by atoms with E-state index < -0.39 is 0 Å². The number of carbonyl (C=O) groups excluding carboxylic acids is 1. The number of aryl methyl sites for hydroxylation is 2. The van der Waals surface area contributed by atoms with Crippen LogP contribution in [0.2, 0.25) is 5.02 Å². The molecule has 2 rings (SSSR count). The fraction of sp³-hybridized carbons (Fsp3) is 0.286. The largest absolute Gasteiger partial charge is 0.462 e. The Bertz CT molecular complexity index is 620. The molecule has 0 atom stereocenters. The number of benzene rings is 1. The van der Waals surface area contributed by atoms with Gasteiger partial charge in [-0.2, -0.15) is 5.10 Å². The zero-order valence-corrected chi connectivity index (χ0v) is 11.9. The Morgan fingerprint density at radius 1 is 1.47 bits per heavy atom. The van der Waals surface area contributed by atoms with E-state index >= 15 is 0 Å². The third kappa shape index (κ3) is 2.63. The standard InChI is InChI=1S/C14H15ClN2O2/c1-4-19-14(18)12-8-16-17(3)13(12)11-7-10(15)6-5-9(11)2/h5-8H,4H2,1-3H3. The van der Waals surface area contributed by atoms with Crippen LogP contribution in [0.3, 0.4) is 0 Å². The summed E-state index contributed by atoms with van der Waals surface area (Å²) in [6.45, 7) is 4.08. The molecule has 1 heterocycles. The van der Waals surface area contributed by atoms with Crippen molar-refractivity contribution in [1.29, 1.82) is 0 Å². The van der Waals surface area contributed by atoms with Gasteiger partial charge in [0.2, 0.25) is 0 Å². The highest BCUT2D eigenvalue weighted by molar-refractivity contribution is 6.30. The number of aromatic nitrogens is 2. The number of hydrogen-bond donors (Lipinski definition) is 0. The van der Waals surface area contributed by atoms with Gasteiger partial charge in [0.05, 0.1) is 18.5 Å². The minimum absolute atomic E-state index is 0.335. The molecule has 0 unspecified atom stereocenters. The molecule has 2 aromatic rings. The van der Waals surface area contributed by atoms with Crippen molar-refractivity contribution < 1.29 is 9.53 Å². The predicted octanol–water partition coefficient (Wildman–Crippen LogP) is 3.23. The van der Waals surface area contributed by atoms with E-state index in [1.54, 1.807) is 18.7 Å². The minimum Gasteiger partial charge on any atom is -0.462 e. The Kier molecular flexibility index (Phi) is 3.90. The molecule has 1 aromatic carbocycles. The molecule has 0 radical (unpaired) electrons. The summed E-state index contributed by atoms with van der Waals surface area (Å²) in [7, 11) is 1.79. The number of rotatable bonds is 3. The van der Waals surface area contributed by atoms with Crippen LogP contribution in [-0.2, 0) is 11.8 Å². The van der Waals surface area contributed by atoms with Crippen molar-refractivity contribution in [3.05, 3.63) is 40.5 Å². The Balaban J connectivity index is 2.58. The van der Waals surface area contributed by atoms with Crippen LogP contribution in [0.1, 0.15) is 22.8 Å². The monoisotopic (exact) mass is 278 g/mol. The first kappa shape index (κ1) is 13.6. The summed E-state index contributed by atoms with van der Waals surface area (Å²) in [5, 5.41) is 4.76. The summed E-state index contributed by atoms with van der Waals surface area (Å²) in [4.78, 5) is 11.9. The van der Waals surface area contributed by atoms with Crippen LogP contribution in [0.15, 0.2) is 24.4 Å². The maximum Gasteiger partial charge on any atom is 0.341 e. The third-order valence-corrected chi connectivity index (χ3v) is 3.12. The minimum atomic E-state index is -0.370. The molecule has 0 bridgehead atoms. The van der Waals surface area contributed by atoms with Crippen molar-refractivity contribution in [2.75, 3.05) is 6.61 Å². The Morgan fingerprint density at radius 3 is 2.89 bits per heavy atom. The van der Waals surface area contributed by atoms with Crippen molar-refractivity contribution in [3.63, 3.8) is 0 Å². The highest BCUT2D eigenvalue weighted by atomic mass is 35.5. The maximum atomic E-state index is 11.9. The van der Waals surface area contributed by atoms with Crippen molar-refractivity contribution >= 4 is 17.6 Å². The van der Waals surface area contributed by atoms with Crippen molar-refractivity contribution in [1.82, 2.24) is 9.78 Å². The molecule has 0 aliphatic rings. The smallest absolute Gasteiger partial charge is 0.341 e. The lowest BCUT2D eigenvalue weighted by molar-refractivity contribution is 0.0527. The average molecular weight is 279 g/mol. The summed E-state index contributed by atoms with van der Waals surface area (Å²) in [6.07, 6.45) is 1.52. The van der Waals surface area contributed by atoms with E-state index in [0.29, 0.717) is 17.2 Å². The molecular weight excluding hydrogens is 264 g/mol. The van der Waals surface area contributed by atoms with Gasteiger partial charge in [0.25, 0.3) is 0 Å². The van der Waals surface area contributed by atoms with E-state index in [1.165, 1.54) is 6.20 Å². The molecular formula is C14H15ClN2O2. The lowest BCUT2D eigenvalue weighted by Gasteiger charge is -2.09. The zero-order valence-electron chi connectivity index (χ0n) is 11.1. The molecule has 0 amide bonds. The van der Waals surface area contributed by atoms with Gasteiger partial charge in [-0.05, 0) is 31.5 Å². The molecule has 0 spiro atoms. The topological polar surface area (TPSA) is 44.1 Å². The van der Waals surface area contributed by atoms with Crippen molar-refractivity contribution in [2.24, 2.45) is 7.05 Å². The quantitative estimate of drug-likeness (QED) is 0.810. The Hall–Kier alpha value is -1.81. The van der Waals surface area contributed by atoms with Gasteiger partial charge in [0, 0.05) is 17.6 Å². The molecule has 0 saturated heterocycles. The number of nitrogens with zero attached hydrogens (tertiary/aromatic N) is 2. The van der Waals surface area contributed by atoms with Crippen LogP contribution < -0.4 is 0 Å². The zero-order chi connectivity index (χ0) is 14.0. The van der Waals surface area contributed by atoms with Crippen LogP contribution >= 0.6 is 11.6 Å². The molecule has 1 aromatic heterocycles. The van der Waals surface area contributed by atoms with Gasteiger partial charge in [0.15, 0.2) is 0 Å². The molecule has 0 saturated carbocycles. The van der Waals surface area contributed by atoms with Gasteiger partial charge >= 0.3 is 5.97 Å². The molecule has 0 aliphatic heterocycles. The summed E-state index contributed by atoms with van der Waals surface area (Å²) >= 11 is 6.03. The first-order valence-corrected chi connectivity index (χ1v) is 6.38. The number of ether oxygens (including phenoxy) is 1. The summed E-state index contributed by atoms with van der Waals surface area (Å²) in [5.41, 5.74) is 3.09. The first-order valence-electron chi connectivity index (χ1n) is 6.00. The Labute approximate surface area is 116 Å². The van der Waals surface area contributed by atoms with E-state index in [4.69, 9.17) is 16.3 Å². The molecule has 0 aliphatic carbocycles. The lowest BCUT2D eigenvalue weighted by Crippen LogP contribution is -2.06. The predicted molar refractivity (Wildman–Crippen MR) is 74.3 cm³/mol. The molecule has 0 fully saturated rings. The van der Waals surface area contributed by atoms with Gasteiger partial charge in [0.1, 0.15) is 5.56 Å². The second kappa shape index (κ2) is 5.45. The third-order valence-electron chi connectivity index (χ3n) is 2.89. The first-order chi connectivity index (χ1) is 9.04. The van der Waals surface area contributed by atoms with E-state index in [2.05, 4.69) is 5.10 Å². The normalized spacial score (nSPS) is 10.5. The van der Waals surface area contributed by atoms with Crippen molar-refractivity contribution in [2.45, 2.75) is 13.8 Å². The molecule has 5 heteroatoms. The summed E-state index contributed by atoms with van der Waals surface area (Å²) < 4.78 is 6.71. The Morgan fingerprint density at radius 2 is 2.21 bits per heavy atom. The molecule has 4 nitrogen and oxygen atoms in total. The number of esters is 1. The van der Waals surface area contributed by atoms with Crippen LogP contribution in [0.25, 0.3) is 11.3 Å². The van der Waals surface area contributed by atoms with E-state index in [0.717, 1.165) is 16.8 Å². The highest BCUT2D eigenvalue weighted by Gasteiger charge is 2.20. The van der Waals surface area contributed by atoms with Crippen molar-refractivity contribution in [3.8, 4) is 11.3 Å². The van der Waals surface area contributed by atoms with Gasteiger partial charge < -0.3 is 4.74 Å². The second-order valence-electron chi connectivity index (χ2n) is 4.21. The molecule has 0 N–H and O–H groups in total. The van der Waals surface area contributed by atoms with E-state index in [-0.39, 0.29) is 5.97 Å². The SMILES string of the molecule is CCOC(=O)c1cnn(C)c1-c1cc(Cl)ccc1C. The van der Waals surface area contributed by atoms with Gasteiger partial charge in [-0.1, -0.05) is 17.7 Å². The number of hydrogen-bond acceptors (Lipinski definition) is 3. The highest BCUT2D eigenvalue weighted by Crippen LogP contribution is 2.29. The summed E-state index contributed by atoms with van der Waals surface area (Å²) in [5.74, 6) is -0.370. The lowest BCUT2D eigenvalue weighted by atomic mass is 10.0. The molecule has 100 valence electrons. The fourth-order valence-corrected chi connectivity index (χ4v) is 2.14. The van der Waals surface area contributed by atoms with Crippen LogP contribution in [-0.4, -0.2) is 22.4 Å². The van der Waals surface area contributed by atoms with Gasteiger partial charge in [-0.3, -0.25) is 4.68 Å². The van der Waals surface area contributed by atoms with Crippen LogP contribution in [0.5, 0.6) is 0 Å². The van der Waals surface area contributed by atoms with E-state index in [1.807, 2.05) is 25.1 Å². The second-order valence-corrected chi connectivity index (χ2v) is 4.65. The number of carbonyl (C=O) groups is 1. The van der Waals surface area contributed by atoms with Gasteiger partial charge in [-0.25, -0.2) is 4.79 Å². The van der Waals surface area contributed by atoms with Crippen LogP contribution in [0.4, 0.5) is 0 Å². The van der Waals surface area contributed by atoms with E-state index in [9.17, 15) is 4.79 Å². The maximum absolute atomic E-state index is 11.9. The van der Waals surface area contributed by atoms with Gasteiger partial charge in [-0.15, -0.1) is 0 Å². The molecule has 19 heavy (non-hydrogen) atoms. The average Bonchev–Trinajstić information content (AvgIpc) is 2.74. The number of halogens is 1.